The van der Waals surface area contributed by atoms with Crippen molar-refractivity contribution in [2.75, 3.05) is 0 Å². The summed E-state index contributed by atoms with van der Waals surface area (Å²) in [7, 11) is 0. The van der Waals surface area contributed by atoms with Crippen LogP contribution in [0.2, 0.25) is 0 Å². The first-order valence-corrected chi connectivity index (χ1v) is 4.66. The highest BCUT2D eigenvalue weighted by Crippen LogP contribution is 2.35. The summed E-state index contributed by atoms with van der Waals surface area (Å²) in [6.07, 6.45) is 1.35. The van der Waals surface area contributed by atoms with Crippen LogP contribution in [0.15, 0.2) is 28.3 Å². The molecule has 0 spiro atoms. The van der Waals surface area contributed by atoms with Crippen LogP contribution >= 0.6 is 11.3 Å². The molecule has 0 unspecified atom stereocenters. The number of thiazole rings is 1. The lowest BCUT2D eigenvalue weighted by Gasteiger charge is -1.89. The fraction of sp³-hybridized carbons (Fsp3) is 0. The molecule has 4 heteroatoms. The van der Waals surface area contributed by atoms with Crippen molar-refractivity contribution < 1.29 is 9.52 Å². The molecule has 0 aliphatic rings. The molecule has 0 bridgehead atoms. The van der Waals surface area contributed by atoms with Gasteiger partial charge in [-0.2, -0.15) is 0 Å². The van der Waals surface area contributed by atoms with Gasteiger partial charge in [-0.15, -0.1) is 11.3 Å². The molecule has 0 fully saturated rings. The quantitative estimate of drug-likeness (QED) is 0.594. The van der Waals surface area contributed by atoms with E-state index in [2.05, 4.69) is 4.98 Å². The molecule has 0 aliphatic carbocycles. The maximum Gasteiger partial charge on any atom is 0.163 e. The lowest BCUT2D eigenvalue weighted by atomic mass is 10.2. The van der Waals surface area contributed by atoms with E-state index in [0.29, 0.717) is 5.58 Å². The highest BCUT2D eigenvalue weighted by atomic mass is 32.1. The van der Waals surface area contributed by atoms with Crippen LogP contribution in [-0.2, 0) is 0 Å². The number of rotatable bonds is 0. The largest absolute Gasteiger partial charge is 0.504 e. The zero-order valence-electron chi connectivity index (χ0n) is 6.52. The van der Waals surface area contributed by atoms with Gasteiger partial charge in [0.15, 0.2) is 5.75 Å². The van der Waals surface area contributed by atoms with Gasteiger partial charge in [-0.1, -0.05) is 0 Å². The minimum absolute atomic E-state index is 0.185. The van der Waals surface area contributed by atoms with E-state index in [1.54, 1.807) is 5.51 Å². The number of furan rings is 1. The van der Waals surface area contributed by atoms with Crippen LogP contribution in [0.4, 0.5) is 0 Å². The molecule has 0 radical (unpaired) electrons. The summed E-state index contributed by atoms with van der Waals surface area (Å²) in [6.45, 7) is 0. The molecule has 0 saturated heterocycles. The Morgan fingerprint density at radius 3 is 3.23 bits per heavy atom. The lowest BCUT2D eigenvalue weighted by molar-refractivity contribution is 0.465. The average Bonchev–Trinajstić information content (AvgIpc) is 2.70. The van der Waals surface area contributed by atoms with Gasteiger partial charge in [-0.05, 0) is 12.1 Å². The van der Waals surface area contributed by atoms with Crippen molar-refractivity contribution in [3.8, 4) is 5.75 Å². The molecule has 1 N–H and O–H groups in total. The van der Waals surface area contributed by atoms with Crippen LogP contribution < -0.4 is 0 Å². The maximum absolute atomic E-state index is 9.51. The van der Waals surface area contributed by atoms with Gasteiger partial charge in [0, 0.05) is 0 Å². The van der Waals surface area contributed by atoms with E-state index < -0.39 is 0 Å². The predicted molar refractivity (Wildman–Crippen MR) is 51.1 cm³/mol. The molecule has 1 aromatic carbocycles. The van der Waals surface area contributed by atoms with Gasteiger partial charge in [-0.3, -0.25) is 0 Å². The molecule has 2 aromatic heterocycles. The number of hydrogen-bond acceptors (Lipinski definition) is 4. The smallest absolute Gasteiger partial charge is 0.163 e. The van der Waals surface area contributed by atoms with Gasteiger partial charge in [0.25, 0.3) is 0 Å². The Hall–Kier alpha value is -1.55. The molecule has 64 valence electrons. The fourth-order valence-electron chi connectivity index (χ4n) is 1.43. The SMILES string of the molecule is Oc1coc2ccc3ncsc3c12. The van der Waals surface area contributed by atoms with Crippen LogP contribution in [0.25, 0.3) is 21.2 Å². The van der Waals surface area contributed by atoms with Crippen LogP contribution in [0, 0.1) is 0 Å². The van der Waals surface area contributed by atoms with Crippen molar-refractivity contribution in [1.29, 1.82) is 0 Å². The Balaban J connectivity index is 2.70. The molecule has 0 aliphatic heterocycles. The summed E-state index contributed by atoms with van der Waals surface area (Å²) in [5.41, 5.74) is 3.36. The molecule has 3 aromatic rings. The summed E-state index contributed by atoms with van der Waals surface area (Å²) in [4.78, 5) is 4.16. The predicted octanol–water partition coefficient (Wildman–Crippen LogP) is 2.75. The highest BCUT2D eigenvalue weighted by Gasteiger charge is 2.09. The van der Waals surface area contributed by atoms with E-state index in [0.717, 1.165) is 15.6 Å². The third-order valence-electron chi connectivity index (χ3n) is 2.01. The second-order valence-corrected chi connectivity index (χ2v) is 3.62. The Morgan fingerprint density at radius 1 is 1.38 bits per heavy atom. The van der Waals surface area contributed by atoms with Gasteiger partial charge in [0.05, 0.1) is 21.1 Å². The Labute approximate surface area is 77.2 Å². The zero-order valence-corrected chi connectivity index (χ0v) is 7.34. The maximum atomic E-state index is 9.51. The molecular formula is C9H5NO2S. The minimum Gasteiger partial charge on any atom is -0.504 e. The zero-order chi connectivity index (χ0) is 8.84. The second-order valence-electron chi connectivity index (χ2n) is 2.76. The summed E-state index contributed by atoms with van der Waals surface area (Å²) in [5.74, 6) is 0.185. The third kappa shape index (κ3) is 0.805. The van der Waals surface area contributed by atoms with Crippen molar-refractivity contribution in [2.24, 2.45) is 0 Å². The van der Waals surface area contributed by atoms with Crippen LogP contribution in [0.5, 0.6) is 5.75 Å². The first kappa shape index (κ1) is 6.91. The number of aromatic nitrogens is 1. The van der Waals surface area contributed by atoms with E-state index >= 15 is 0 Å². The molecule has 2 heterocycles. The third-order valence-corrected chi connectivity index (χ3v) is 2.87. The standard InChI is InChI=1S/C9H5NO2S/c11-6-3-12-7-2-1-5-9(8(6)7)13-4-10-5/h1-4,11H. The Morgan fingerprint density at radius 2 is 2.31 bits per heavy atom. The summed E-state index contributed by atoms with van der Waals surface area (Å²) in [5, 5.41) is 10.3. The molecular weight excluding hydrogens is 186 g/mol. The highest BCUT2D eigenvalue weighted by molar-refractivity contribution is 7.17. The molecule has 0 atom stereocenters. The number of nitrogens with zero attached hydrogens (tertiary/aromatic N) is 1. The first-order chi connectivity index (χ1) is 6.36. The number of hydrogen-bond donors (Lipinski definition) is 1. The first-order valence-electron chi connectivity index (χ1n) is 3.78. The topological polar surface area (TPSA) is 46.3 Å². The molecule has 0 amide bonds. The van der Waals surface area contributed by atoms with E-state index in [9.17, 15) is 5.11 Å². The van der Waals surface area contributed by atoms with E-state index in [-0.39, 0.29) is 5.75 Å². The lowest BCUT2D eigenvalue weighted by Crippen LogP contribution is -1.67. The van der Waals surface area contributed by atoms with Gasteiger partial charge >= 0.3 is 0 Å². The van der Waals surface area contributed by atoms with E-state index in [1.165, 1.54) is 17.6 Å². The van der Waals surface area contributed by atoms with Gasteiger partial charge in [0.2, 0.25) is 0 Å². The van der Waals surface area contributed by atoms with Gasteiger partial charge < -0.3 is 9.52 Å². The van der Waals surface area contributed by atoms with Crippen LogP contribution in [-0.4, -0.2) is 10.1 Å². The van der Waals surface area contributed by atoms with Crippen molar-refractivity contribution in [3.05, 3.63) is 23.9 Å². The Kier molecular flexibility index (Phi) is 1.19. The normalized spacial score (nSPS) is 11.4. The van der Waals surface area contributed by atoms with Crippen molar-refractivity contribution in [1.82, 2.24) is 4.98 Å². The Bertz CT molecular complexity index is 581. The second kappa shape index (κ2) is 2.23. The molecule has 13 heavy (non-hydrogen) atoms. The fourth-order valence-corrected chi connectivity index (χ4v) is 2.27. The van der Waals surface area contributed by atoms with Crippen LogP contribution in [0.3, 0.4) is 0 Å². The van der Waals surface area contributed by atoms with Crippen LogP contribution in [0.1, 0.15) is 0 Å². The van der Waals surface area contributed by atoms with Gasteiger partial charge in [-0.25, -0.2) is 4.98 Å². The minimum atomic E-state index is 0.185. The molecule has 3 nitrogen and oxygen atoms in total. The number of fused-ring (bicyclic) bond motifs is 3. The monoisotopic (exact) mass is 191 g/mol. The van der Waals surface area contributed by atoms with Crippen molar-refractivity contribution in [2.45, 2.75) is 0 Å². The molecule has 3 rings (SSSR count). The van der Waals surface area contributed by atoms with Crippen molar-refractivity contribution in [3.63, 3.8) is 0 Å². The number of aromatic hydroxyl groups is 1. The van der Waals surface area contributed by atoms with Crippen molar-refractivity contribution >= 4 is 32.5 Å². The summed E-state index contributed by atoms with van der Waals surface area (Å²) < 4.78 is 6.13. The number of benzene rings is 1. The summed E-state index contributed by atoms with van der Waals surface area (Å²) in [6, 6.07) is 3.70. The van der Waals surface area contributed by atoms with E-state index in [4.69, 9.17) is 4.42 Å². The average molecular weight is 191 g/mol. The molecule has 0 saturated carbocycles. The summed E-state index contributed by atoms with van der Waals surface area (Å²) >= 11 is 1.50. The van der Waals surface area contributed by atoms with E-state index in [1.807, 2.05) is 12.1 Å². The van der Waals surface area contributed by atoms with Gasteiger partial charge in [0.1, 0.15) is 11.8 Å².